The second-order valence-electron chi connectivity index (χ2n) is 5.07. The molecular weight excluding hydrogens is 162 g/mol. The molecule has 0 aromatic heterocycles. The van der Waals surface area contributed by atoms with Crippen LogP contribution in [0.25, 0.3) is 0 Å². The summed E-state index contributed by atoms with van der Waals surface area (Å²) < 4.78 is 5.21. The van der Waals surface area contributed by atoms with E-state index in [1.165, 1.54) is 32.2 Å². The molecule has 2 aliphatic rings. The van der Waals surface area contributed by atoms with E-state index >= 15 is 0 Å². The van der Waals surface area contributed by atoms with E-state index in [-0.39, 0.29) is 0 Å². The molecule has 1 saturated carbocycles. The van der Waals surface area contributed by atoms with E-state index in [4.69, 9.17) is 4.74 Å². The lowest BCUT2D eigenvalue weighted by atomic mass is 9.83. The molecule has 1 N–H and O–H groups in total. The molecule has 1 aliphatic heterocycles. The van der Waals surface area contributed by atoms with Crippen LogP contribution in [0, 0.1) is 11.3 Å². The van der Waals surface area contributed by atoms with Crippen molar-refractivity contribution in [1.29, 1.82) is 0 Å². The predicted octanol–water partition coefficient (Wildman–Crippen LogP) is 1.80. The number of ether oxygens (including phenoxy) is 1. The lowest BCUT2D eigenvalue weighted by Crippen LogP contribution is -2.47. The first-order valence-electron chi connectivity index (χ1n) is 5.57. The maximum Gasteiger partial charge on any atom is 0.0554 e. The fourth-order valence-electron chi connectivity index (χ4n) is 2.03. The first kappa shape index (κ1) is 9.47. The summed E-state index contributed by atoms with van der Waals surface area (Å²) in [6.07, 6.45) is 5.80. The second-order valence-corrected chi connectivity index (χ2v) is 5.07. The van der Waals surface area contributed by atoms with Crippen molar-refractivity contribution in [3.63, 3.8) is 0 Å². The lowest BCUT2D eigenvalue weighted by Gasteiger charge is -2.38. The van der Waals surface area contributed by atoms with E-state index in [2.05, 4.69) is 12.2 Å². The Hall–Kier alpha value is -0.0800. The minimum atomic E-state index is 0.444. The highest BCUT2D eigenvalue weighted by Crippen LogP contribution is 2.29. The summed E-state index contributed by atoms with van der Waals surface area (Å²) in [5.74, 6) is 1.04. The van der Waals surface area contributed by atoms with Crippen LogP contribution >= 0.6 is 0 Å². The van der Waals surface area contributed by atoms with E-state index in [0.717, 1.165) is 25.7 Å². The fraction of sp³-hybridized carbons (Fsp3) is 1.00. The predicted molar refractivity (Wildman–Crippen MR) is 53.8 cm³/mol. The average Bonchev–Trinajstić information content (AvgIpc) is 1.97. The highest BCUT2D eigenvalue weighted by atomic mass is 16.5. The Labute approximate surface area is 81.0 Å². The van der Waals surface area contributed by atoms with Crippen LogP contribution < -0.4 is 5.32 Å². The molecular formula is C11H21NO. The SMILES string of the molecule is CC1(CNCCC2CCC2)COC1. The fourth-order valence-corrected chi connectivity index (χ4v) is 2.03. The Morgan fingerprint density at radius 3 is 2.62 bits per heavy atom. The van der Waals surface area contributed by atoms with Crippen LogP contribution in [0.5, 0.6) is 0 Å². The summed E-state index contributed by atoms with van der Waals surface area (Å²) in [7, 11) is 0. The smallest absolute Gasteiger partial charge is 0.0554 e. The highest BCUT2D eigenvalue weighted by Gasteiger charge is 2.32. The van der Waals surface area contributed by atoms with Crippen LogP contribution in [-0.4, -0.2) is 26.3 Å². The zero-order chi connectivity index (χ0) is 9.15. The van der Waals surface area contributed by atoms with E-state index < -0.39 is 0 Å². The van der Waals surface area contributed by atoms with Crippen molar-refractivity contribution in [2.75, 3.05) is 26.3 Å². The molecule has 0 radical (unpaired) electrons. The third-order valence-corrected chi connectivity index (χ3v) is 3.41. The van der Waals surface area contributed by atoms with Crippen molar-refractivity contribution in [3.8, 4) is 0 Å². The summed E-state index contributed by atoms with van der Waals surface area (Å²) in [6, 6.07) is 0. The minimum Gasteiger partial charge on any atom is -0.380 e. The van der Waals surface area contributed by atoms with Crippen molar-refractivity contribution in [3.05, 3.63) is 0 Å². The lowest BCUT2D eigenvalue weighted by molar-refractivity contribution is -0.0990. The Kier molecular flexibility index (Phi) is 2.89. The van der Waals surface area contributed by atoms with Crippen LogP contribution in [0.3, 0.4) is 0 Å². The van der Waals surface area contributed by atoms with Gasteiger partial charge in [0.2, 0.25) is 0 Å². The zero-order valence-electron chi connectivity index (χ0n) is 8.64. The van der Waals surface area contributed by atoms with Gasteiger partial charge in [-0.25, -0.2) is 0 Å². The molecule has 0 bridgehead atoms. The second kappa shape index (κ2) is 3.97. The van der Waals surface area contributed by atoms with Crippen molar-refractivity contribution >= 4 is 0 Å². The third kappa shape index (κ3) is 2.44. The summed E-state index contributed by atoms with van der Waals surface area (Å²) in [4.78, 5) is 0. The summed E-state index contributed by atoms with van der Waals surface area (Å²) >= 11 is 0. The Morgan fingerprint density at radius 1 is 1.38 bits per heavy atom. The Morgan fingerprint density at radius 2 is 2.15 bits per heavy atom. The maximum atomic E-state index is 5.21. The van der Waals surface area contributed by atoms with Crippen LogP contribution in [0.1, 0.15) is 32.6 Å². The van der Waals surface area contributed by atoms with Gasteiger partial charge < -0.3 is 10.1 Å². The van der Waals surface area contributed by atoms with E-state index in [1.807, 2.05) is 0 Å². The van der Waals surface area contributed by atoms with Gasteiger partial charge in [-0.3, -0.25) is 0 Å². The molecule has 2 fully saturated rings. The molecule has 0 unspecified atom stereocenters. The summed E-state index contributed by atoms with van der Waals surface area (Å²) in [5, 5.41) is 3.55. The van der Waals surface area contributed by atoms with E-state index in [0.29, 0.717) is 5.41 Å². The van der Waals surface area contributed by atoms with Crippen LogP contribution in [0.15, 0.2) is 0 Å². The largest absolute Gasteiger partial charge is 0.380 e. The van der Waals surface area contributed by atoms with Gasteiger partial charge in [0.05, 0.1) is 13.2 Å². The summed E-state index contributed by atoms with van der Waals surface area (Å²) in [5.41, 5.74) is 0.444. The van der Waals surface area contributed by atoms with Gasteiger partial charge in [-0.2, -0.15) is 0 Å². The molecule has 1 aliphatic carbocycles. The number of nitrogens with one attached hydrogen (secondary N) is 1. The first-order valence-corrected chi connectivity index (χ1v) is 5.57. The van der Waals surface area contributed by atoms with E-state index in [9.17, 15) is 0 Å². The number of hydrogen-bond acceptors (Lipinski definition) is 2. The maximum absolute atomic E-state index is 5.21. The number of rotatable bonds is 5. The quantitative estimate of drug-likeness (QED) is 0.656. The van der Waals surface area contributed by atoms with Crippen molar-refractivity contribution in [1.82, 2.24) is 5.32 Å². The van der Waals surface area contributed by atoms with Gasteiger partial charge in [0.25, 0.3) is 0 Å². The standard InChI is InChI=1S/C11H21NO/c1-11(8-13-9-11)7-12-6-5-10-3-2-4-10/h10,12H,2-9H2,1H3. The van der Waals surface area contributed by atoms with E-state index in [1.54, 1.807) is 0 Å². The van der Waals surface area contributed by atoms with Gasteiger partial charge in [-0.15, -0.1) is 0 Å². The molecule has 1 saturated heterocycles. The van der Waals surface area contributed by atoms with Crippen LogP contribution in [-0.2, 0) is 4.74 Å². The minimum absolute atomic E-state index is 0.444. The van der Waals surface area contributed by atoms with Gasteiger partial charge in [0.15, 0.2) is 0 Å². The van der Waals surface area contributed by atoms with Gasteiger partial charge in [0.1, 0.15) is 0 Å². The van der Waals surface area contributed by atoms with Crippen molar-refractivity contribution < 1.29 is 4.74 Å². The van der Waals surface area contributed by atoms with Gasteiger partial charge in [-0.05, 0) is 18.9 Å². The Balaban J connectivity index is 1.48. The third-order valence-electron chi connectivity index (χ3n) is 3.41. The molecule has 2 nitrogen and oxygen atoms in total. The molecule has 1 heterocycles. The molecule has 0 spiro atoms. The molecule has 2 rings (SSSR count). The van der Waals surface area contributed by atoms with Gasteiger partial charge in [-0.1, -0.05) is 26.2 Å². The van der Waals surface area contributed by atoms with Crippen molar-refractivity contribution in [2.45, 2.75) is 32.6 Å². The van der Waals surface area contributed by atoms with Gasteiger partial charge in [0, 0.05) is 12.0 Å². The number of hydrogen-bond donors (Lipinski definition) is 1. The molecule has 0 aromatic carbocycles. The normalized spacial score (nSPS) is 26.5. The Bertz CT molecular complexity index is 161. The average molecular weight is 183 g/mol. The molecule has 0 amide bonds. The molecule has 76 valence electrons. The molecule has 0 atom stereocenters. The molecule has 0 aromatic rings. The zero-order valence-corrected chi connectivity index (χ0v) is 8.64. The van der Waals surface area contributed by atoms with Crippen LogP contribution in [0.4, 0.5) is 0 Å². The van der Waals surface area contributed by atoms with Crippen molar-refractivity contribution in [2.24, 2.45) is 11.3 Å². The molecule has 2 heteroatoms. The topological polar surface area (TPSA) is 21.3 Å². The highest BCUT2D eigenvalue weighted by molar-refractivity contribution is 4.83. The monoisotopic (exact) mass is 183 g/mol. The van der Waals surface area contributed by atoms with Gasteiger partial charge >= 0.3 is 0 Å². The van der Waals surface area contributed by atoms with Crippen LogP contribution in [0.2, 0.25) is 0 Å². The first-order chi connectivity index (χ1) is 6.29. The molecule has 13 heavy (non-hydrogen) atoms. The summed E-state index contributed by atoms with van der Waals surface area (Å²) in [6.45, 7) is 6.54.